The Balaban J connectivity index is 4.12. The van der Waals surface area contributed by atoms with E-state index in [2.05, 4.69) is 13.8 Å². The predicted octanol–water partition coefficient (Wildman–Crippen LogP) is 4.99. The molecule has 0 aliphatic heterocycles. The Morgan fingerprint density at radius 2 is 1.68 bits per heavy atom. The summed E-state index contributed by atoms with van der Waals surface area (Å²) in [5, 5.41) is 10.6. The lowest BCUT2D eigenvalue weighted by molar-refractivity contribution is -0.0953. The molecule has 0 saturated heterocycles. The van der Waals surface area contributed by atoms with Gasteiger partial charge in [0.1, 0.15) is 0 Å². The molecule has 116 valence electrons. The zero-order valence-electron chi connectivity index (χ0n) is 13.4. The Bertz CT molecular complexity index is 195. The average molecular weight is 291 g/mol. The fourth-order valence-corrected chi connectivity index (χ4v) is 2.65. The van der Waals surface area contributed by atoms with Crippen molar-refractivity contribution in [1.29, 1.82) is 0 Å². The first kappa shape index (κ1) is 19.3. The molecular formula is C16H34O2S. The van der Waals surface area contributed by atoms with Crippen molar-refractivity contribution >= 4 is 11.8 Å². The quantitative estimate of drug-likeness (QED) is 0.382. The fourth-order valence-electron chi connectivity index (χ4n) is 2.35. The SMILES string of the molecule is CCCCCCC[C@@H](OCSC)[C@](C)(O)CCCC. The van der Waals surface area contributed by atoms with Crippen LogP contribution in [0.2, 0.25) is 0 Å². The van der Waals surface area contributed by atoms with E-state index in [1.807, 2.05) is 13.2 Å². The van der Waals surface area contributed by atoms with Crippen molar-refractivity contribution in [3.05, 3.63) is 0 Å². The van der Waals surface area contributed by atoms with Crippen molar-refractivity contribution in [3.8, 4) is 0 Å². The van der Waals surface area contributed by atoms with Crippen LogP contribution in [0, 0.1) is 0 Å². The maximum Gasteiger partial charge on any atom is 0.0923 e. The number of ether oxygens (including phenoxy) is 1. The van der Waals surface area contributed by atoms with Crippen molar-refractivity contribution in [1.82, 2.24) is 0 Å². The molecule has 0 unspecified atom stereocenters. The molecule has 0 aromatic carbocycles. The maximum atomic E-state index is 10.6. The minimum absolute atomic E-state index is 0.00636. The highest BCUT2D eigenvalue weighted by molar-refractivity contribution is 7.98. The molecule has 0 saturated carbocycles. The predicted molar refractivity (Wildman–Crippen MR) is 86.8 cm³/mol. The van der Waals surface area contributed by atoms with Gasteiger partial charge in [-0.05, 0) is 26.0 Å². The van der Waals surface area contributed by atoms with Crippen molar-refractivity contribution in [2.24, 2.45) is 0 Å². The number of thioether (sulfide) groups is 1. The van der Waals surface area contributed by atoms with Gasteiger partial charge in [0.2, 0.25) is 0 Å². The first-order valence-corrected chi connectivity index (χ1v) is 9.30. The second-order valence-corrected chi connectivity index (χ2v) is 6.54. The van der Waals surface area contributed by atoms with Crippen molar-refractivity contribution in [2.45, 2.75) is 90.3 Å². The van der Waals surface area contributed by atoms with E-state index in [4.69, 9.17) is 4.74 Å². The number of aliphatic hydroxyl groups is 1. The Morgan fingerprint density at radius 1 is 1.05 bits per heavy atom. The summed E-state index contributed by atoms with van der Waals surface area (Å²) >= 11 is 1.68. The molecule has 0 fully saturated rings. The Labute approximate surface area is 124 Å². The van der Waals surface area contributed by atoms with Crippen LogP contribution >= 0.6 is 11.8 Å². The molecule has 19 heavy (non-hydrogen) atoms. The second kappa shape index (κ2) is 12.0. The molecule has 0 aromatic heterocycles. The molecule has 0 aliphatic carbocycles. The molecule has 0 radical (unpaired) electrons. The Hall–Kier alpha value is 0.270. The first-order valence-electron chi connectivity index (χ1n) is 7.91. The van der Waals surface area contributed by atoms with Gasteiger partial charge in [-0.3, -0.25) is 0 Å². The number of unbranched alkanes of at least 4 members (excludes halogenated alkanes) is 5. The van der Waals surface area contributed by atoms with Crippen molar-refractivity contribution < 1.29 is 9.84 Å². The Morgan fingerprint density at radius 3 is 2.26 bits per heavy atom. The molecule has 2 nitrogen and oxygen atoms in total. The monoisotopic (exact) mass is 290 g/mol. The largest absolute Gasteiger partial charge is 0.387 e. The van der Waals surface area contributed by atoms with Crippen LogP contribution in [0.15, 0.2) is 0 Å². The van der Waals surface area contributed by atoms with E-state index in [1.165, 1.54) is 32.1 Å². The normalized spacial score (nSPS) is 16.3. The van der Waals surface area contributed by atoms with E-state index in [0.717, 1.165) is 25.7 Å². The molecule has 0 spiro atoms. The topological polar surface area (TPSA) is 29.5 Å². The molecule has 2 atom stereocenters. The standard InChI is InChI=1S/C16H34O2S/c1-5-7-9-10-11-12-15(18-14-19-4)16(3,17)13-8-6-2/h15,17H,5-14H2,1-4H3/t15-,16-/m1/s1. The van der Waals surface area contributed by atoms with Gasteiger partial charge in [0.05, 0.1) is 17.6 Å². The molecule has 0 aliphatic rings. The van der Waals surface area contributed by atoms with E-state index in [-0.39, 0.29) is 6.10 Å². The highest BCUT2D eigenvalue weighted by Crippen LogP contribution is 2.26. The lowest BCUT2D eigenvalue weighted by Gasteiger charge is -2.33. The van der Waals surface area contributed by atoms with Gasteiger partial charge < -0.3 is 9.84 Å². The fraction of sp³-hybridized carbons (Fsp3) is 1.00. The van der Waals surface area contributed by atoms with Crippen LogP contribution in [0.4, 0.5) is 0 Å². The van der Waals surface area contributed by atoms with E-state index >= 15 is 0 Å². The van der Waals surface area contributed by atoms with E-state index < -0.39 is 5.60 Å². The van der Waals surface area contributed by atoms with Crippen molar-refractivity contribution in [3.63, 3.8) is 0 Å². The summed E-state index contributed by atoms with van der Waals surface area (Å²) in [6, 6.07) is 0. The van der Waals surface area contributed by atoms with Gasteiger partial charge in [-0.2, -0.15) is 0 Å². The molecule has 0 aromatic rings. The zero-order chi connectivity index (χ0) is 14.6. The van der Waals surface area contributed by atoms with Crippen LogP contribution in [-0.4, -0.2) is 29.0 Å². The highest BCUT2D eigenvalue weighted by Gasteiger charge is 2.31. The molecular weight excluding hydrogens is 256 g/mol. The average Bonchev–Trinajstić information content (AvgIpc) is 2.39. The van der Waals surface area contributed by atoms with Crippen molar-refractivity contribution in [2.75, 3.05) is 12.2 Å². The van der Waals surface area contributed by atoms with Gasteiger partial charge in [-0.15, -0.1) is 11.8 Å². The van der Waals surface area contributed by atoms with Gasteiger partial charge >= 0.3 is 0 Å². The van der Waals surface area contributed by atoms with Crippen LogP contribution in [0.3, 0.4) is 0 Å². The van der Waals surface area contributed by atoms with E-state index in [1.54, 1.807) is 11.8 Å². The third-order valence-electron chi connectivity index (χ3n) is 3.69. The summed E-state index contributed by atoms with van der Waals surface area (Å²) in [7, 11) is 0. The summed E-state index contributed by atoms with van der Waals surface area (Å²) in [6.07, 6.45) is 12.4. The molecule has 0 bridgehead atoms. The summed E-state index contributed by atoms with van der Waals surface area (Å²) in [4.78, 5) is 0. The van der Waals surface area contributed by atoms with Gasteiger partial charge in [0.15, 0.2) is 0 Å². The second-order valence-electron chi connectivity index (χ2n) is 5.73. The third-order valence-corrected chi connectivity index (χ3v) is 4.06. The van der Waals surface area contributed by atoms with Crippen LogP contribution in [0.1, 0.15) is 78.6 Å². The molecule has 0 amide bonds. The minimum Gasteiger partial charge on any atom is -0.387 e. The summed E-state index contributed by atoms with van der Waals surface area (Å²) in [6.45, 7) is 6.35. The maximum absolute atomic E-state index is 10.6. The third kappa shape index (κ3) is 9.75. The van der Waals surface area contributed by atoms with Crippen LogP contribution in [0.25, 0.3) is 0 Å². The summed E-state index contributed by atoms with van der Waals surface area (Å²) < 4.78 is 5.87. The zero-order valence-corrected chi connectivity index (χ0v) is 14.2. The summed E-state index contributed by atoms with van der Waals surface area (Å²) in [5.74, 6) is 0.682. The lowest BCUT2D eigenvalue weighted by Crippen LogP contribution is -2.41. The van der Waals surface area contributed by atoms with E-state index in [9.17, 15) is 5.11 Å². The molecule has 0 rings (SSSR count). The number of rotatable bonds is 13. The summed E-state index contributed by atoms with van der Waals surface area (Å²) in [5.41, 5.74) is -0.670. The van der Waals surface area contributed by atoms with Gasteiger partial charge in [-0.1, -0.05) is 58.8 Å². The first-order chi connectivity index (χ1) is 9.08. The number of hydrogen-bond donors (Lipinski definition) is 1. The van der Waals surface area contributed by atoms with Gasteiger partial charge in [-0.25, -0.2) is 0 Å². The highest BCUT2D eigenvalue weighted by atomic mass is 32.2. The van der Waals surface area contributed by atoms with Crippen LogP contribution in [-0.2, 0) is 4.74 Å². The van der Waals surface area contributed by atoms with Crippen LogP contribution < -0.4 is 0 Å². The van der Waals surface area contributed by atoms with Gasteiger partial charge in [0.25, 0.3) is 0 Å². The smallest absolute Gasteiger partial charge is 0.0923 e. The lowest BCUT2D eigenvalue weighted by atomic mass is 9.89. The van der Waals surface area contributed by atoms with Gasteiger partial charge in [0, 0.05) is 0 Å². The Kier molecular flexibility index (Phi) is 12.2. The number of hydrogen-bond acceptors (Lipinski definition) is 3. The molecule has 3 heteroatoms. The minimum atomic E-state index is -0.670. The molecule has 1 N–H and O–H groups in total. The van der Waals surface area contributed by atoms with Crippen LogP contribution in [0.5, 0.6) is 0 Å². The molecule has 0 heterocycles. The van der Waals surface area contributed by atoms with E-state index in [0.29, 0.717) is 5.94 Å².